The van der Waals surface area contributed by atoms with Crippen molar-refractivity contribution in [1.29, 1.82) is 0 Å². The Hall–Kier alpha value is -2.32. The number of aromatic hydroxyl groups is 1. The van der Waals surface area contributed by atoms with Gasteiger partial charge in [0.2, 0.25) is 5.88 Å². The molecule has 2 heterocycles. The highest BCUT2D eigenvalue weighted by molar-refractivity contribution is 7.73. The van der Waals surface area contributed by atoms with Crippen LogP contribution in [0.3, 0.4) is 0 Å². The first-order valence-corrected chi connectivity index (χ1v) is 8.38. The van der Waals surface area contributed by atoms with Crippen LogP contribution in [0.5, 0.6) is 5.88 Å². The normalized spacial score (nSPS) is 12.9. The van der Waals surface area contributed by atoms with E-state index >= 15 is 0 Å². The van der Waals surface area contributed by atoms with Gasteiger partial charge in [-0.3, -0.25) is 14.2 Å². The van der Waals surface area contributed by atoms with Crippen molar-refractivity contribution < 1.29 is 19.4 Å². The van der Waals surface area contributed by atoms with Crippen molar-refractivity contribution in [3.63, 3.8) is 0 Å². The maximum Gasteiger partial charge on any atom is 0.307 e. The minimum absolute atomic E-state index is 0.0812. The van der Waals surface area contributed by atoms with Crippen LogP contribution >= 0.6 is 23.6 Å². The molecule has 0 saturated heterocycles. The molecular formula is C16H14N2O4S2. The molecule has 0 atom stereocenters. The number of methoxy groups -OCH3 is 1. The minimum Gasteiger partial charge on any atom is -0.493 e. The minimum atomic E-state index is -0.401. The van der Waals surface area contributed by atoms with Crippen molar-refractivity contribution in [3.8, 4) is 5.88 Å². The number of aryl methyl sites for hydroxylation is 1. The van der Waals surface area contributed by atoms with Crippen LogP contribution < -0.4 is 10.6 Å². The van der Waals surface area contributed by atoms with E-state index < -0.39 is 11.9 Å². The summed E-state index contributed by atoms with van der Waals surface area (Å²) in [6, 6.07) is 5.52. The van der Waals surface area contributed by atoms with Crippen LogP contribution in [-0.2, 0) is 20.9 Å². The third-order valence-electron chi connectivity index (χ3n) is 3.72. The summed E-state index contributed by atoms with van der Waals surface area (Å²) < 4.78 is 6.41. The fourth-order valence-electron chi connectivity index (χ4n) is 2.51. The van der Waals surface area contributed by atoms with Crippen LogP contribution in [0, 0.1) is 10.9 Å². The summed E-state index contributed by atoms with van der Waals surface area (Å²) in [5, 5.41) is 11.8. The average molecular weight is 362 g/mol. The first-order chi connectivity index (χ1) is 11.4. The maximum absolute atomic E-state index is 12.3. The first kappa shape index (κ1) is 16.5. The van der Waals surface area contributed by atoms with Gasteiger partial charge in [0.15, 0.2) is 3.95 Å². The predicted molar refractivity (Wildman–Crippen MR) is 90.9 cm³/mol. The Morgan fingerprint density at radius 3 is 2.92 bits per heavy atom. The summed E-state index contributed by atoms with van der Waals surface area (Å²) in [4.78, 5) is 28.0. The number of esters is 1. The number of thiazole rings is 1. The lowest BCUT2D eigenvalue weighted by atomic mass is 10.1. The van der Waals surface area contributed by atoms with Crippen molar-refractivity contribution in [1.82, 2.24) is 4.57 Å². The molecule has 1 aromatic heterocycles. The highest BCUT2D eigenvalue weighted by atomic mass is 32.1. The van der Waals surface area contributed by atoms with Crippen LogP contribution in [0.15, 0.2) is 23.2 Å². The van der Waals surface area contributed by atoms with Crippen molar-refractivity contribution in [2.75, 3.05) is 7.11 Å². The number of carbonyl (C=O) groups is 2. The van der Waals surface area contributed by atoms with E-state index in [0.717, 1.165) is 16.9 Å². The van der Waals surface area contributed by atoms with Gasteiger partial charge in [-0.25, -0.2) is 4.99 Å². The molecule has 0 radical (unpaired) electrons. The van der Waals surface area contributed by atoms with Gasteiger partial charge in [-0.2, -0.15) is 0 Å². The topological polar surface area (TPSA) is 80.9 Å². The van der Waals surface area contributed by atoms with Crippen molar-refractivity contribution in [2.24, 2.45) is 4.99 Å². The molecule has 2 aromatic rings. The zero-order valence-electron chi connectivity index (χ0n) is 13.0. The maximum atomic E-state index is 12.3. The number of amides is 1. The second kappa shape index (κ2) is 6.29. The first-order valence-electron chi connectivity index (χ1n) is 7.16. The van der Waals surface area contributed by atoms with E-state index in [2.05, 4.69) is 9.73 Å². The Bertz CT molecular complexity index is 1030. The molecule has 8 heteroatoms. The molecule has 1 N–H and O–H groups in total. The second-order valence-electron chi connectivity index (χ2n) is 5.31. The second-order valence-corrected chi connectivity index (χ2v) is 6.96. The summed E-state index contributed by atoms with van der Waals surface area (Å²) in [5.74, 6) is -0.923. The molecule has 0 saturated carbocycles. The molecule has 0 bridgehead atoms. The van der Waals surface area contributed by atoms with E-state index in [4.69, 9.17) is 12.2 Å². The molecule has 0 spiro atoms. The van der Waals surface area contributed by atoms with E-state index in [1.165, 1.54) is 11.7 Å². The van der Waals surface area contributed by atoms with Crippen LogP contribution in [0.2, 0.25) is 0 Å². The van der Waals surface area contributed by atoms with Gasteiger partial charge in [0.05, 0.1) is 24.5 Å². The van der Waals surface area contributed by atoms with E-state index in [-0.39, 0.29) is 18.8 Å². The molecule has 1 aliphatic rings. The Morgan fingerprint density at radius 2 is 2.21 bits per heavy atom. The Kier molecular flexibility index (Phi) is 4.33. The van der Waals surface area contributed by atoms with Crippen molar-refractivity contribution in [3.05, 3.63) is 43.2 Å². The number of rotatable bonds is 4. The number of benzene rings is 1. The number of ether oxygens (including phenoxy) is 1. The summed E-state index contributed by atoms with van der Waals surface area (Å²) in [6.45, 7) is 2.11. The molecule has 0 fully saturated rings. The van der Waals surface area contributed by atoms with Crippen LogP contribution in [0.1, 0.15) is 16.9 Å². The highest BCUT2D eigenvalue weighted by Gasteiger charge is 2.25. The summed E-state index contributed by atoms with van der Waals surface area (Å²) >= 11 is 6.39. The lowest BCUT2D eigenvalue weighted by Crippen LogP contribution is -2.23. The van der Waals surface area contributed by atoms with Crippen LogP contribution in [-0.4, -0.2) is 28.7 Å². The molecule has 124 valence electrons. The van der Waals surface area contributed by atoms with Crippen LogP contribution in [0.25, 0.3) is 5.57 Å². The molecular weight excluding hydrogens is 348 g/mol. The van der Waals surface area contributed by atoms with Gasteiger partial charge in [0, 0.05) is 11.8 Å². The van der Waals surface area contributed by atoms with Gasteiger partial charge in [0.25, 0.3) is 5.91 Å². The van der Waals surface area contributed by atoms with E-state index in [1.807, 2.05) is 19.1 Å². The number of nitrogens with zero attached hydrogens (tertiary/aromatic N) is 2. The molecule has 1 amide bonds. The van der Waals surface area contributed by atoms with Gasteiger partial charge in [-0.1, -0.05) is 11.6 Å². The number of hydrogen-bond acceptors (Lipinski definition) is 6. The summed E-state index contributed by atoms with van der Waals surface area (Å²) in [7, 11) is 1.30. The standard InChI is InChI=1S/C16H14N2O4S2/c1-8-3-4-10-9(7-8)12(14(20)17-10)13-15(21)18(16(23)24-13)6-5-11(19)22-2/h3-4,7,21H,5-6H2,1-2H3. The van der Waals surface area contributed by atoms with Crippen LogP contribution in [0.4, 0.5) is 0 Å². The van der Waals surface area contributed by atoms with Gasteiger partial charge in [-0.15, -0.1) is 11.3 Å². The molecule has 6 nitrogen and oxygen atoms in total. The Labute approximate surface area is 146 Å². The molecule has 24 heavy (non-hydrogen) atoms. The smallest absolute Gasteiger partial charge is 0.307 e. The SMILES string of the molecule is COC(=O)CCn1c(O)c(C2=c3cc(C)ccc3=NC2=O)sc1=S. The molecule has 3 rings (SSSR count). The average Bonchev–Trinajstić information content (AvgIpc) is 3.00. The molecule has 0 unspecified atom stereocenters. The van der Waals surface area contributed by atoms with Gasteiger partial charge < -0.3 is 9.84 Å². The Balaban J connectivity index is 2.13. The fraction of sp³-hybridized carbons (Fsp3) is 0.250. The third-order valence-corrected chi connectivity index (χ3v) is 5.18. The van der Waals surface area contributed by atoms with E-state index in [9.17, 15) is 14.7 Å². The predicted octanol–water partition coefficient (Wildman–Crippen LogP) is 1.22. The quantitative estimate of drug-likeness (QED) is 0.653. The monoisotopic (exact) mass is 362 g/mol. The fourth-order valence-corrected chi connectivity index (χ4v) is 3.90. The number of fused-ring (bicyclic) bond motifs is 1. The largest absolute Gasteiger partial charge is 0.493 e. The number of aromatic nitrogens is 1. The molecule has 1 aromatic carbocycles. The number of hydrogen-bond donors (Lipinski definition) is 1. The van der Waals surface area contributed by atoms with Crippen molar-refractivity contribution in [2.45, 2.75) is 19.9 Å². The van der Waals surface area contributed by atoms with E-state index in [1.54, 1.807) is 6.07 Å². The van der Waals surface area contributed by atoms with E-state index in [0.29, 0.717) is 25.0 Å². The highest BCUT2D eigenvalue weighted by Crippen LogP contribution is 2.32. The third kappa shape index (κ3) is 2.78. The zero-order valence-corrected chi connectivity index (χ0v) is 14.7. The number of carbonyl (C=O) groups excluding carboxylic acids is 2. The molecule has 0 aliphatic carbocycles. The van der Waals surface area contributed by atoms with Gasteiger partial charge >= 0.3 is 5.97 Å². The lowest BCUT2D eigenvalue weighted by Gasteiger charge is -2.04. The molecule has 1 aliphatic heterocycles. The van der Waals surface area contributed by atoms with Gasteiger partial charge in [-0.05, 0) is 31.3 Å². The summed E-state index contributed by atoms with van der Waals surface area (Å²) in [6.07, 6.45) is 0.0812. The van der Waals surface area contributed by atoms with Gasteiger partial charge in [0.1, 0.15) is 4.88 Å². The Morgan fingerprint density at radius 1 is 1.46 bits per heavy atom. The van der Waals surface area contributed by atoms with Crippen molar-refractivity contribution >= 4 is 41.0 Å². The summed E-state index contributed by atoms with van der Waals surface area (Å²) in [5.41, 5.74) is 1.34. The zero-order chi connectivity index (χ0) is 17.4. The lowest BCUT2D eigenvalue weighted by molar-refractivity contribution is -0.140.